The fourth-order valence-corrected chi connectivity index (χ4v) is 1.62. The molecule has 2 unspecified atom stereocenters. The van der Waals surface area contributed by atoms with E-state index in [1.807, 2.05) is 36.4 Å². The second-order valence-electron chi connectivity index (χ2n) is 3.25. The highest BCUT2D eigenvalue weighted by atomic mass is 16.5. The fraction of sp³-hybridized carbons (Fsp3) is 0.273. The Balaban J connectivity index is 2.22. The molecular weight excluding hydrogens is 178 g/mol. The van der Waals surface area contributed by atoms with E-state index >= 15 is 0 Å². The number of cyclic esters (lactones) is 1. The van der Waals surface area contributed by atoms with E-state index in [1.165, 1.54) is 0 Å². The molecule has 2 rings (SSSR count). The summed E-state index contributed by atoms with van der Waals surface area (Å²) in [7, 11) is 0. The highest BCUT2D eigenvalue weighted by molar-refractivity contribution is 5.80. The van der Waals surface area contributed by atoms with Crippen LogP contribution in [-0.2, 0) is 9.53 Å². The van der Waals surface area contributed by atoms with Gasteiger partial charge in [0.25, 0.3) is 0 Å². The predicted molar refractivity (Wildman–Crippen MR) is 49.3 cm³/mol. The Morgan fingerprint density at radius 2 is 2.07 bits per heavy atom. The number of nitrogens with zero attached hydrogens (tertiary/aromatic N) is 1. The van der Waals surface area contributed by atoms with Gasteiger partial charge >= 0.3 is 5.97 Å². The van der Waals surface area contributed by atoms with Crippen molar-refractivity contribution < 1.29 is 9.53 Å². The highest BCUT2D eigenvalue weighted by Gasteiger charge is 2.35. The molecule has 0 amide bonds. The van der Waals surface area contributed by atoms with Gasteiger partial charge in [-0.05, 0) is 5.56 Å². The molecule has 0 aliphatic carbocycles. The Labute approximate surface area is 81.9 Å². The molecule has 0 aromatic heterocycles. The highest BCUT2D eigenvalue weighted by Crippen LogP contribution is 2.29. The van der Waals surface area contributed by atoms with Gasteiger partial charge in [0.15, 0.2) is 6.10 Å². The Morgan fingerprint density at radius 3 is 2.64 bits per heavy atom. The lowest BCUT2D eigenvalue weighted by atomic mass is 9.96. The summed E-state index contributed by atoms with van der Waals surface area (Å²) in [5.74, 6) is -0.552. The molecule has 0 radical (unpaired) electrons. The molecule has 1 aromatic carbocycles. The van der Waals surface area contributed by atoms with E-state index in [0.717, 1.165) is 5.56 Å². The first-order chi connectivity index (χ1) is 6.81. The van der Waals surface area contributed by atoms with E-state index in [0.29, 0.717) is 6.42 Å². The van der Waals surface area contributed by atoms with E-state index < -0.39 is 6.10 Å². The van der Waals surface area contributed by atoms with Crippen molar-refractivity contribution in [1.82, 2.24) is 0 Å². The second kappa shape index (κ2) is 3.51. The van der Waals surface area contributed by atoms with Crippen LogP contribution in [0.15, 0.2) is 30.3 Å². The molecule has 14 heavy (non-hydrogen) atoms. The molecule has 3 heteroatoms. The zero-order chi connectivity index (χ0) is 9.97. The van der Waals surface area contributed by atoms with Crippen LogP contribution in [0.5, 0.6) is 0 Å². The lowest BCUT2D eigenvalue weighted by molar-refractivity contribution is -0.140. The van der Waals surface area contributed by atoms with Crippen LogP contribution in [0.3, 0.4) is 0 Å². The first kappa shape index (κ1) is 8.76. The maximum absolute atomic E-state index is 11.4. The summed E-state index contributed by atoms with van der Waals surface area (Å²) in [5, 5.41) is 8.62. The van der Waals surface area contributed by atoms with Crippen molar-refractivity contribution in [2.24, 2.45) is 0 Å². The number of hydrogen-bond acceptors (Lipinski definition) is 3. The number of esters is 1. The molecule has 1 aliphatic heterocycles. The number of ether oxygens (including phenoxy) is 1. The molecule has 0 bridgehead atoms. The van der Waals surface area contributed by atoms with Crippen LogP contribution < -0.4 is 0 Å². The Kier molecular flexibility index (Phi) is 2.19. The minimum Gasteiger partial charge on any atom is -0.446 e. The molecule has 0 N–H and O–H groups in total. The van der Waals surface area contributed by atoms with Crippen LogP contribution in [0.25, 0.3) is 0 Å². The molecule has 70 valence electrons. The summed E-state index contributed by atoms with van der Waals surface area (Å²) in [4.78, 5) is 11.4. The van der Waals surface area contributed by atoms with E-state index in [1.54, 1.807) is 0 Å². The van der Waals surface area contributed by atoms with Gasteiger partial charge in [-0.25, -0.2) is 0 Å². The van der Waals surface area contributed by atoms with Crippen LogP contribution in [0.4, 0.5) is 0 Å². The Morgan fingerprint density at radius 1 is 1.36 bits per heavy atom. The molecule has 1 aliphatic rings. The van der Waals surface area contributed by atoms with Gasteiger partial charge in [0, 0.05) is 6.42 Å². The number of nitriles is 1. The summed E-state index contributed by atoms with van der Waals surface area (Å²) in [5.41, 5.74) is 0.926. The Bertz CT molecular complexity index is 380. The number of benzene rings is 1. The number of carbonyl (C=O) groups is 1. The van der Waals surface area contributed by atoms with E-state index in [9.17, 15) is 4.79 Å². The molecule has 2 atom stereocenters. The van der Waals surface area contributed by atoms with Crippen molar-refractivity contribution in [3.8, 4) is 6.07 Å². The minimum atomic E-state index is -0.576. The van der Waals surface area contributed by atoms with Crippen molar-refractivity contribution in [2.45, 2.75) is 18.4 Å². The smallest absolute Gasteiger partial charge is 0.314 e. The van der Waals surface area contributed by atoms with Crippen molar-refractivity contribution >= 4 is 5.97 Å². The van der Waals surface area contributed by atoms with Gasteiger partial charge in [-0.1, -0.05) is 30.3 Å². The van der Waals surface area contributed by atoms with Gasteiger partial charge in [-0.15, -0.1) is 0 Å². The molecule has 0 spiro atoms. The maximum atomic E-state index is 11.4. The van der Waals surface area contributed by atoms with Gasteiger partial charge in [-0.3, -0.25) is 4.79 Å². The van der Waals surface area contributed by atoms with E-state index in [-0.39, 0.29) is 11.9 Å². The SMILES string of the molecule is N#CC1CC(c2ccccc2)C(=O)O1. The molecular formula is C11H9NO2. The second-order valence-corrected chi connectivity index (χ2v) is 3.25. The third kappa shape index (κ3) is 1.47. The van der Waals surface area contributed by atoms with Crippen molar-refractivity contribution in [3.05, 3.63) is 35.9 Å². The monoisotopic (exact) mass is 187 g/mol. The zero-order valence-corrected chi connectivity index (χ0v) is 7.51. The minimum absolute atomic E-state index is 0.263. The van der Waals surface area contributed by atoms with Crippen LogP contribution >= 0.6 is 0 Å². The third-order valence-electron chi connectivity index (χ3n) is 2.34. The molecule has 3 nitrogen and oxygen atoms in total. The molecule has 1 aromatic rings. The average Bonchev–Trinajstić information content (AvgIpc) is 2.61. The standard InChI is InChI=1S/C11H9NO2/c12-7-9-6-10(11(13)14-9)8-4-2-1-3-5-8/h1-5,9-10H,6H2. The third-order valence-corrected chi connectivity index (χ3v) is 2.34. The van der Waals surface area contributed by atoms with Crippen LogP contribution in [0.2, 0.25) is 0 Å². The summed E-state index contributed by atoms with van der Waals surface area (Å²) < 4.78 is 4.88. The zero-order valence-electron chi connectivity index (χ0n) is 7.51. The summed E-state index contributed by atoms with van der Waals surface area (Å²) >= 11 is 0. The molecule has 1 heterocycles. The molecule has 1 fully saturated rings. The van der Waals surface area contributed by atoms with Crippen molar-refractivity contribution in [1.29, 1.82) is 5.26 Å². The number of hydrogen-bond donors (Lipinski definition) is 0. The van der Waals surface area contributed by atoms with E-state index in [2.05, 4.69) is 0 Å². The first-order valence-electron chi connectivity index (χ1n) is 4.46. The number of rotatable bonds is 1. The largest absolute Gasteiger partial charge is 0.446 e. The lowest BCUT2D eigenvalue weighted by Crippen LogP contribution is -2.05. The van der Waals surface area contributed by atoms with E-state index in [4.69, 9.17) is 10.00 Å². The van der Waals surface area contributed by atoms with Crippen molar-refractivity contribution in [2.75, 3.05) is 0 Å². The van der Waals surface area contributed by atoms with Crippen LogP contribution in [-0.4, -0.2) is 12.1 Å². The lowest BCUT2D eigenvalue weighted by Gasteiger charge is -2.03. The van der Waals surface area contributed by atoms with Crippen molar-refractivity contribution in [3.63, 3.8) is 0 Å². The van der Waals surface area contributed by atoms with Gasteiger partial charge in [0.2, 0.25) is 0 Å². The van der Waals surface area contributed by atoms with Gasteiger partial charge in [-0.2, -0.15) is 5.26 Å². The van der Waals surface area contributed by atoms with Crippen LogP contribution in [0.1, 0.15) is 17.9 Å². The van der Waals surface area contributed by atoms with Gasteiger partial charge in [0.05, 0.1) is 5.92 Å². The first-order valence-corrected chi connectivity index (χ1v) is 4.46. The summed E-state index contributed by atoms with van der Waals surface area (Å²) in [6.07, 6.45) is -0.105. The molecule has 1 saturated heterocycles. The quantitative estimate of drug-likeness (QED) is 0.627. The summed E-state index contributed by atoms with van der Waals surface area (Å²) in [6, 6.07) is 11.4. The van der Waals surface area contributed by atoms with Gasteiger partial charge < -0.3 is 4.74 Å². The maximum Gasteiger partial charge on any atom is 0.314 e. The normalized spacial score (nSPS) is 25.5. The Hall–Kier alpha value is -1.82. The van der Waals surface area contributed by atoms with Gasteiger partial charge in [0.1, 0.15) is 6.07 Å². The predicted octanol–water partition coefficient (Wildman–Crippen LogP) is 1.61. The fourth-order valence-electron chi connectivity index (χ4n) is 1.62. The average molecular weight is 187 g/mol. The van der Waals surface area contributed by atoms with Crippen LogP contribution in [0, 0.1) is 11.3 Å². The number of carbonyl (C=O) groups excluding carboxylic acids is 1. The topological polar surface area (TPSA) is 50.1 Å². The molecule has 0 saturated carbocycles. The summed E-state index contributed by atoms with van der Waals surface area (Å²) in [6.45, 7) is 0.